The van der Waals surface area contributed by atoms with E-state index in [9.17, 15) is 4.79 Å². The molecule has 6 heteroatoms. The van der Waals surface area contributed by atoms with E-state index in [1.165, 1.54) is 44.3 Å². The second-order valence-electron chi connectivity index (χ2n) is 7.16. The number of likely N-dealkylation sites (tertiary alicyclic amines) is 1. The van der Waals surface area contributed by atoms with Crippen molar-refractivity contribution in [3.63, 3.8) is 0 Å². The summed E-state index contributed by atoms with van der Waals surface area (Å²) in [7, 11) is 0. The van der Waals surface area contributed by atoms with Crippen LogP contribution in [0.5, 0.6) is 0 Å². The van der Waals surface area contributed by atoms with E-state index < -0.39 is 0 Å². The van der Waals surface area contributed by atoms with Gasteiger partial charge < -0.3 is 14.6 Å². The molecule has 3 rings (SSSR count). The molecule has 0 spiro atoms. The van der Waals surface area contributed by atoms with Crippen LogP contribution in [0, 0.1) is 6.92 Å². The number of rotatable bonds is 8. The quantitative estimate of drug-likeness (QED) is 0.721. The summed E-state index contributed by atoms with van der Waals surface area (Å²) in [5.41, 5.74) is 3.20. The molecule has 1 saturated heterocycles. The molecule has 1 N–H and O–H groups in total. The highest BCUT2D eigenvalue weighted by Gasteiger charge is 2.09. The minimum atomic E-state index is 0.130. The normalized spacial score (nSPS) is 15.9. The topological polar surface area (TPSA) is 49.6 Å². The number of aryl methyl sites for hydroxylation is 1. The SMILES string of the molecule is Cc1ccc2nc(CSCC(=O)NCCCN3CCCCCC3)cn2c1. The molecule has 26 heavy (non-hydrogen) atoms. The molecule has 0 bridgehead atoms. The van der Waals surface area contributed by atoms with E-state index in [0.29, 0.717) is 5.75 Å². The molecule has 142 valence electrons. The first kappa shape index (κ1) is 19.2. The van der Waals surface area contributed by atoms with Gasteiger partial charge in [0.15, 0.2) is 0 Å². The van der Waals surface area contributed by atoms with Gasteiger partial charge in [-0.1, -0.05) is 18.9 Å². The minimum Gasteiger partial charge on any atom is -0.355 e. The van der Waals surface area contributed by atoms with Crippen molar-refractivity contribution in [2.75, 3.05) is 31.9 Å². The number of hydrogen-bond acceptors (Lipinski definition) is 4. The Morgan fingerprint density at radius 3 is 2.81 bits per heavy atom. The van der Waals surface area contributed by atoms with Crippen LogP contribution in [0.25, 0.3) is 5.65 Å². The van der Waals surface area contributed by atoms with Crippen LogP contribution in [0.1, 0.15) is 43.4 Å². The maximum atomic E-state index is 12.0. The molecule has 1 amide bonds. The van der Waals surface area contributed by atoms with Gasteiger partial charge in [0.25, 0.3) is 0 Å². The number of amides is 1. The maximum Gasteiger partial charge on any atom is 0.230 e. The van der Waals surface area contributed by atoms with Gasteiger partial charge in [0.1, 0.15) is 5.65 Å². The van der Waals surface area contributed by atoms with Gasteiger partial charge >= 0.3 is 0 Å². The second kappa shape index (κ2) is 9.97. The highest BCUT2D eigenvalue weighted by molar-refractivity contribution is 7.99. The molecule has 1 aliphatic heterocycles. The Kier molecular flexibility index (Phi) is 7.38. The highest BCUT2D eigenvalue weighted by Crippen LogP contribution is 2.13. The fourth-order valence-corrected chi connectivity index (χ4v) is 4.15. The summed E-state index contributed by atoms with van der Waals surface area (Å²) in [5.74, 6) is 1.39. The monoisotopic (exact) mass is 374 g/mol. The Hall–Kier alpha value is -1.53. The third kappa shape index (κ3) is 6.02. The molecule has 2 aromatic heterocycles. The third-order valence-corrected chi connectivity index (χ3v) is 5.77. The zero-order valence-electron chi connectivity index (χ0n) is 15.7. The van der Waals surface area contributed by atoms with Gasteiger partial charge in [0.05, 0.1) is 11.4 Å². The Morgan fingerprint density at radius 2 is 2.00 bits per heavy atom. The largest absolute Gasteiger partial charge is 0.355 e. The number of carbonyl (C=O) groups is 1. The number of fused-ring (bicyclic) bond motifs is 1. The first-order valence-corrected chi connectivity index (χ1v) is 10.9. The maximum absolute atomic E-state index is 12.0. The summed E-state index contributed by atoms with van der Waals surface area (Å²) >= 11 is 1.62. The molecule has 0 unspecified atom stereocenters. The van der Waals surface area contributed by atoms with Gasteiger partial charge in [-0.2, -0.15) is 0 Å². The number of pyridine rings is 1. The fourth-order valence-electron chi connectivity index (χ4n) is 3.41. The van der Waals surface area contributed by atoms with Crippen molar-refractivity contribution < 1.29 is 4.79 Å². The Balaban J connectivity index is 1.29. The molecule has 1 fully saturated rings. The van der Waals surface area contributed by atoms with Crippen molar-refractivity contribution in [3.8, 4) is 0 Å². The summed E-state index contributed by atoms with van der Waals surface area (Å²) in [5, 5.41) is 3.05. The molecule has 2 aromatic rings. The molecule has 0 saturated carbocycles. The molecule has 1 aliphatic rings. The van der Waals surface area contributed by atoms with Crippen molar-refractivity contribution in [2.24, 2.45) is 0 Å². The minimum absolute atomic E-state index is 0.130. The number of nitrogens with one attached hydrogen (secondary N) is 1. The van der Waals surface area contributed by atoms with Gasteiger partial charge in [-0.25, -0.2) is 4.98 Å². The van der Waals surface area contributed by atoms with Crippen LogP contribution in [-0.4, -0.2) is 52.1 Å². The molecular formula is C20H30N4OS. The lowest BCUT2D eigenvalue weighted by molar-refractivity contribution is -0.118. The van der Waals surface area contributed by atoms with E-state index in [2.05, 4.69) is 40.6 Å². The lowest BCUT2D eigenvalue weighted by atomic mass is 10.2. The van der Waals surface area contributed by atoms with Gasteiger partial charge in [-0.15, -0.1) is 11.8 Å². The zero-order valence-corrected chi connectivity index (χ0v) is 16.6. The van der Waals surface area contributed by atoms with E-state index in [-0.39, 0.29) is 5.91 Å². The highest BCUT2D eigenvalue weighted by atomic mass is 32.2. The predicted molar refractivity (Wildman–Crippen MR) is 109 cm³/mol. The van der Waals surface area contributed by atoms with Crippen molar-refractivity contribution in [2.45, 2.75) is 44.8 Å². The molecule has 0 atom stereocenters. The fraction of sp³-hybridized carbons (Fsp3) is 0.600. The lowest BCUT2D eigenvalue weighted by Crippen LogP contribution is -2.31. The van der Waals surface area contributed by atoms with Crippen LogP contribution < -0.4 is 5.32 Å². The second-order valence-corrected chi connectivity index (χ2v) is 8.14. The first-order chi connectivity index (χ1) is 12.7. The van der Waals surface area contributed by atoms with Crippen LogP contribution in [-0.2, 0) is 10.5 Å². The summed E-state index contributed by atoms with van der Waals surface area (Å²) in [6, 6.07) is 4.10. The summed E-state index contributed by atoms with van der Waals surface area (Å²) in [6.45, 7) is 6.41. The molecule has 0 aliphatic carbocycles. The smallest absolute Gasteiger partial charge is 0.230 e. The Bertz CT molecular complexity index is 707. The van der Waals surface area contributed by atoms with E-state index in [4.69, 9.17) is 0 Å². The van der Waals surface area contributed by atoms with Crippen LogP contribution in [0.2, 0.25) is 0 Å². The van der Waals surface area contributed by atoms with E-state index >= 15 is 0 Å². The number of aromatic nitrogens is 2. The van der Waals surface area contributed by atoms with E-state index in [1.807, 2.05) is 10.5 Å². The zero-order chi connectivity index (χ0) is 18.2. The van der Waals surface area contributed by atoms with Crippen molar-refractivity contribution in [3.05, 3.63) is 35.8 Å². The van der Waals surface area contributed by atoms with Gasteiger partial charge in [0, 0.05) is 24.7 Å². The molecule has 0 aromatic carbocycles. The van der Waals surface area contributed by atoms with Crippen LogP contribution in [0.15, 0.2) is 24.5 Å². The predicted octanol–water partition coefficient (Wildman–Crippen LogP) is 3.26. The van der Waals surface area contributed by atoms with Crippen LogP contribution >= 0.6 is 11.8 Å². The number of thioether (sulfide) groups is 1. The van der Waals surface area contributed by atoms with Crippen molar-refractivity contribution in [1.82, 2.24) is 19.6 Å². The summed E-state index contributed by atoms with van der Waals surface area (Å²) in [4.78, 5) is 19.1. The number of hydrogen-bond donors (Lipinski definition) is 1. The van der Waals surface area contributed by atoms with Crippen molar-refractivity contribution in [1.29, 1.82) is 0 Å². The number of nitrogens with zero attached hydrogens (tertiary/aromatic N) is 3. The Morgan fingerprint density at radius 1 is 1.19 bits per heavy atom. The molecule has 5 nitrogen and oxygen atoms in total. The first-order valence-electron chi connectivity index (χ1n) is 9.72. The number of imidazole rings is 1. The van der Waals surface area contributed by atoms with Gasteiger partial charge in [-0.05, 0) is 57.5 Å². The van der Waals surface area contributed by atoms with Crippen molar-refractivity contribution >= 4 is 23.3 Å². The average Bonchev–Trinajstić information content (AvgIpc) is 2.84. The lowest BCUT2D eigenvalue weighted by Gasteiger charge is -2.19. The van der Waals surface area contributed by atoms with Crippen LogP contribution in [0.3, 0.4) is 0 Å². The standard InChI is InChI=1S/C20H30N4OS/c1-17-7-8-19-22-18(14-24(19)13-17)15-26-16-20(25)21-9-6-12-23-10-4-2-3-5-11-23/h7-8,13-14H,2-6,9-12,15-16H2,1H3,(H,21,25). The van der Waals surface area contributed by atoms with E-state index in [0.717, 1.165) is 36.6 Å². The van der Waals surface area contributed by atoms with Crippen LogP contribution in [0.4, 0.5) is 0 Å². The van der Waals surface area contributed by atoms with E-state index in [1.54, 1.807) is 11.8 Å². The Labute approximate surface area is 160 Å². The third-order valence-electron chi connectivity index (χ3n) is 4.80. The molecular weight excluding hydrogens is 344 g/mol. The molecule has 3 heterocycles. The summed E-state index contributed by atoms with van der Waals surface area (Å²) < 4.78 is 2.05. The average molecular weight is 375 g/mol. The van der Waals surface area contributed by atoms with Gasteiger partial charge in [-0.3, -0.25) is 4.79 Å². The molecule has 0 radical (unpaired) electrons. The number of carbonyl (C=O) groups excluding carboxylic acids is 1. The summed E-state index contributed by atoms with van der Waals surface area (Å²) in [6.07, 6.45) is 10.6. The van der Waals surface area contributed by atoms with Gasteiger partial charge in [0.2, 0.25) is 5.91 Å².